The maximum atomic E-state index is 11.4. The Hall–Kier alpha value is -0.590. The van der Waals surface area contributed by atoms with Crippen LogP contribution in [0.25, 0.3) is 0 Å². The minimum absolute atomic E-state index is 2.30. The fourth-order valence-electron chi connectivity index (χ4n) is 0.220. The van der Waals surface area contributed by atoms with Crippen LogP contribution in [0.4, 0.5) is 22.0 Å². The summed E-state index contributed by atoms with van der Waals surface area (Å²) in [6.07, 6.45) is -8.65. The van der Waals surface area contributed by atoms with Gasteiger partial charge in [0.15, 0.2) is 0 Å². The van der Waals surface area contributed by atoms with E-state index in [1.54, 1.807) is 0 Å². The van der Waals surface area contributed by atoms with Crippen LogP contribution in [0.3, 0.4) is 0 Å². The third-order valence-corrected chi connectivity index (χ3v) is 0.992. The molecule has 0 amide bonds. The van der Waals surface area contributed by atoms with E-state index in [1.165, 1.54) is 0 Å². The van der Waals surface area contributed by atoms with Gasteiger partial charge < -0.3 is 4.74 Å². The molecule has 0 heterocycles. The first-order valence-electron chi connectivity index (χ1n) is 2.44. The van der Waals surface area contributed by atoms with Gasteiger partial charge in [-0.25, -0.2) is 4.79 Å². The Morgan fingerprint density at radius 3 is 2.00 bits per heavy atom. The maximum Gasteiger partial charge on any atom is 0.440 e. The Balaban J connectivity index is 4.02. The van der Waals surface area contributed by atoms with Crippen molar-refractivity contribution >= 4 is 17.6 Å². The molecule has 0 radical (unpaired) electrons. The highest BCUT2D eigenvalue weighted by molar-refractivity contribution is 6.20. The van der Waals surface area contributed by atoms with Crippen LogP contribution >= 0.6 is 11.6 Å². The fourth-order valence-corrected chi connectivity index (χ4v) is 0.308. The minimum Gasteiger partial charge on any atom is -0.432 e. The molecule has 0 saturated carbocycles. The van der Waals surface area contributed by atoms with Gasteiger partial charge in [0.1, 0.15) is 0 Å². The highest BCUT2D eigenvalue weighted by atomic mass is 35.5. The van der Waals surface area contributed by atoms with Gasteiger partial charge in [-0.1, -0.05) is 11.6 Å². The van der Waals surface area contributed by atoms with Crippen LogP contribution in [0, 0.1) is 0 Å². The Morgan fingerprint density at radius 2 is 1.75 bits per heavy atom. The van der Waals surface area contributed by atoms with Gasteiger partial charge in [0.2, 0.25) is 0 Å². The zero-order chi connectivity index (χ0) is 9.94. The van der Waals surface area contributed by atoms with E-state index in [1.807, 2.05) is 0 Å². The number of carbonyl (C=O) groups is 1. The summed E-state index contributed by atoms with van der Waals surface area (Å²) in [7, 11) is 0. The molecule has 0 aromatic rings. The van der Waals surface area contributed by atoms with E-state index in [-0.39, 0.29) is 0 Å². The molecule has 1 unspecified atom stereocenters. The van der Waals surface area contributed by atoms with E-state index in [2.05, 4.69) is 16.3 Å². The van der Waals surface area contributed by atoms with Gasteiger partial charge in [-0.05, 0) is 0 Å². The second-order valence-corrected chi connectivity index (χ2v) is 1.99. The highest BCUT2D eigenvalue weighted by Crippen LogP contribution is 2.26. The van der Waals surface area contributed by atoms with E-state index >= 15 is 0 Å². The van der Waals surface area contributed by atoms with Crippen LogP contribution in [-0.4, -0.2) is 24.1 Å². The molecular weight excluding hydrogens is 210 g/mol. The summed E-state index contributed by atoms with van der Waals surface area (Å²) < 4.78 is 59.9. The number of rotatable bonds is 2. The van der Waals surface area contributed by atoms with Crippen LogP contribution < -0.4 is 0 Å². The molecule has 72 valence electrons. The quantitative estimate of drug-likeness (QED) is 0.397. The first-order valence-corrected chi connectivity index (χ1v) is 2.88. The molecule has 0 aromatic heterocycles. The predicted molar refractivity (Wildman–Crippen MR) is 27.8 cm³/mol. The maximum absolute atomic E-state index is 11.4. The zero-order valence-corrected chi connectivity index (χ0v) is 5.99. The van der Waals surface area contributed by atoms with Gasteiger partial charge in [-0.15, -0.1) is 0 Å². The molecule has 0 bridgehead atoms. The molecule has 0 saturated heterocycles. The molecule has 0 aromatic carbocycles. The van der Waals surface area contributed by atoms with Gasteiger partial charge in [0.05, 0.1) is 0 Å². The lowest BCUT2D eigenvalue weighted by Crippen LogP contribution is -2.31. The van der Waals surface area contributed by atoms with Crippen molar-refractivity contribution in [1.82, 2.24) is 0 Å². The Labute approximate surface area is 68.2 Å². The van der Waals surface area contributed by atoms with E-state index in [0.29, 0.717) is 0 Å². The van der Waals surface area contributed by atoms with Gasteiger partial charge in [0, 0.05) is 0 Å². The summed E-state index contributed by atoms with van der Waals surface area (Å²) in [6.45, 7) is 0. The average molecular weight is 213 g/mol. The number of esters is 1. The predicted octanol–water partition coefficient (Wildman–Crippen LogP) is 1.92. The largest absolute Gasteiger partial charge is 0.440 e. The van der Waals surface area contributed by atoms with Gasteiger partial charge in [-0.3, -0.25) is 0 Å². The van der Waals surface area contributed by atoms with E-state index in [4.69, 9.17) is 0 Å². The topological polar surface area (TPSA) is 26.3 Å². The summed E-state index contributed by atoms with van der Waals surface area (Å²) in [6, 6.07) is 0. The Morgan fingerprint density at radius 1 is 1.33 bits per heavy atom. The lowest BCUT2D eigenvalue weighted by Gasteiger charge is -2.13. The van der Waals surface area contributed by atoms with Crippen molar-refractivity contribution in [2.75, 3.05) is 0 Å². The summed E-state index contributed by atoms with van der Waals surface area (Å²) in [4.78, 5) is 9.84. The molecule has 0 aliphatic heterocycles. The number of hydrogen-bond acceptors (Lipinski definition) is 2. The molecule has 0 aliphatic carbocycles. The number of alkyl halides is 6. The third kappa shape index (κ3) is 3.70. The number of halogens is 6. The van der Waals surface area contributed by atoms with Crippen LogP contribution in [0.1, 0.15) is 0 Å². The molecule has 0 fully saturated rings. The first-order chi connectivity index (χ1) is 5.25. The Kier molecular flexibility index (Phi) is 3.69. The van der Waals surface area contributed by atoms with Crippen molar-refractivity contribution in [3.05, 3.63) is 0 Å². The van der Waals surface area contributed by atoms with Crippen molar-refractivity contribution in [3.8, 4) is 0 Å². The van der Waals surface area contributed by atoms with Crippen molar-refractivity contribution in [3.63, 3.8) is 0 Å². The monoisotopic (exact) mass is 212 g/mol. The standard InChI is InChI=1S/C4H2ClF5O2/c5-3(4(8,9)10)12-2(11)1(6)7/h1,3H. The summed E-state index contributed by atoms with van der Waals surface area (Å²) in [5, 5.41) is 0. The molecule has 0 spiro atoms. The minimum atomic E-state index is -5.04. The lowest BCUT2D eigenvalue weighted by atomic mass is 10.6. The molecule has 8 heteroatoms. The second-order valence-electron chi connectivity index (χ2n) is 1.60. The SMILES string of the molecule is O=C(OC(Cl)C(F)(F)F)C(F)F. The highest BCUT2D eigenvalue weighted by Gasteiger charge is 2.42. The Bertz CT molecular complexity index is 167. The summed E-state index contributed by atoms with van der Waals surface area (Å²) in [5.41, 5.74) is -3.03. The smallest absolute Gasteiger partial charge is 0.432 e. The summed E-state index contributed by atoms with van der Waals surface area (Å²) >= 11 is 4.39. The number of ether oxygens (including phenoxy) is 1. The van der Waals surface area contributed by atoms with Crippen molar-refractivity contribution in [2.45, 2.75) is 18.2 Å². The van der Waals surface area contributed by atoms with Crippen LogP contribution in [0.15, 0.2) is 0 Å². The van der Waals surface area contributed by atoms with Crippen molar-refractivity contribution < 1.29 is 31.5 Å². The van der Waals surface area contributed by atoms with E-state index < -0.39 is 24.1 Å². The van der Waals surface area contributed by atoms with Crippen LogP contribution in [0.2, 0.25) is 0 Å². The van der Waals surface area contributed by atoms with Crippen molar-refractivity contribution in [2.24, 2.45) is 0 Å². The van der Waals surface area contributed by atoms with E-state index in [0.717, 1.165) is 0 Å². The molecule has 0 N–H and O–H groups in total. The third-order valence-electron chi connectivity index (χ3n) is 0.655. The average Bonchev–Trinajstić information content (AvgIpc) is 1.85. The zero-order valence-electron chi connectivity index (χ0n) is 5.24. The number of hydrogen-bond donors (Lipinski definition) is 0. The van der Waals surface area contributed by atoms with Crippen LogP contribution in [-0.2, 0) is 9.53 Å². The lowest BCUT2D eigenvalue weighted by molar-refractivity contribution is -0.205. The molecule has 0 aliphatic rings. The molecule has 2 nitrogen and oxygen atoms in total. The van der Waals surface area contributed by atoms with Gasteiger partial charge in [0.25, 0.3) is 5.56 Å². The van der Waals surface area contributed by atoms with Gasteiger partial charge in [-0.2, -0.15) is 22.0 Å². The fraction of sp³-hybridized carbons (Fsp3) is 0.750. The molecular formula is C4H2ClF5O2. The second kappa shape index (κ2) is 3.88. The summed E-state index contributed by atoms with van der Waals surface area (Å²) in [5.74, 6) is -2.30. The number of carbonyl (C=O) groups excluding carboxylic acids is 1. The molecule has 12 heavy (non-hydrogen) atoms. The van der Waals surface area contributed by atoms with Crippen LogP contribution in [0.5, 0.6) is 0 Å². The molecule has 1 atom stereocenters. The van der Waals surface area contributed by atoms with Gasteiger partial charge >= 0.3 is 18.6 Å². The van der Waals surface area contributed by atoms with Crippen molar-refractivity contribution in [1.29, 1.82) is 0 Å². The normalized spacial score (nSPS) is 14.6. The first kappa shape index (κ1) is 11.4. The molecule has 0 rings (SSSR count). The van der Waals surface area contributed by atoms with E-state index in [9.17, 15) is 26.7 Å².